The first-order valence-electron chi connectivity index (χ1n) is 11.4. The average molecular weight is 471 g/mol. The van der Waals surface area contributed by atoms with Crippen molar-refractivity contribution in [3.05, 3.63) is 107 Å². The highest BCUT2D eigenvalue weighted by molar-refractivity contribution is 6.02. The summed E-state index contributed by atoms with van der Waals surface area (Å²) < 4.78 is 24.8. The standard InChI is InChI=1S/C29H27FN2O3/c1-20(2)22-9-14-25(15-10-22)34-19-29(33)32-31-17-27-26-6-4-3-5-23(26)11-16-28(27)35-18-21-7-12-24(30)13-8-21/h3-17,20H,18-19H2,1-2H3,(H,32,33)/b31-17+. The molecule has 1 N–H and O–H groups in total. The van der Waals surface area contributed by atoms with Gasteiger partial charge in [0.1, 0.15) is 23.9 Å². The van der Waals surface area contributed by atoms with Crippen molar-refractivity contribution in [2.45, 2.75) is 26.4 Å². The van der Waals surface area contributed by atoms with E-state index in [2.05, 4.69) is 24.4 Å². The van der Waals surface area contributed by atoms with Gasteiger partial charge in [0.15, 0.2) is 6.61 Å². The van der Waals surface area contributed by atoms with Crippen molar-refractivity contribution in [2.75, 3.05) is 6.61 Å². The number of carbonyl (C=O) groups excluding carboxylic acids is 1. The van der Waals surface area contributed by atoms with Crippen molar-refractivity contribution in [3.8, 4) is 11.5 Å². The van der Waals surface area contributed by atoms with Gasteiger partial charge >= 0.3 is 0 Å². The molecule has 0 saturated carbocycles. The summed E-state index contributed by atoms with van der Waals surface area (Å²) >= 11 is 0. The number of ether oxygens (including phenoxy) is 2. The van der Waals surface area contributed by atoms with Crippen LogP contribution >= 0.6 is 0 Å². The van der Waals surface area contributed by atoms with Crippen LogP contribution in [0.4, 0.5) is 4.39 Å². The number of nitrogens with one attached hydrogen (secondary N) is 1. The first-order chi connectivity index (χ1) is 17.0. The number of amides is 1. The molecule has 4 rings (SSSR count). The Balaban J connectivity index is 1.42. The van der Waals surface area contributed by atoms with Gasteiger partial charge in [0.2, 0.25) is 0 Å². The monoisotopic (exact) mass is 470 g/mol. The van der Waals surface area contributed by atoms with Gasteiger partial charge in [-0.2, -0.15) is 5.10 Å². The van der Waals surface area contributed by atoms with E-state index in [1.54, 1.807) is 18.3 Å². The number of halogens is 1. The Morgan fingerprint density at radius 1 is 0.943 bits per heavy atom. The molecular weight excluding hydrogens is 443 g/mol. The van der Waals surface area contributed by atoms with Crippen molar-refractivity contribution in [2.24, 2.45) is 5.10 Å². The molecule has 4 aromatic carbocycles. The van der Waals surface area contributed by atoms with Gasteiger partial charge in [0.25, 0.3) is 5.91 Å². The van der Waals surface area contributed by atoms with Gasteiger partial charge in [-0.3, -0.25) is 4.79 Å². The van der Waals surface area contributed by atoms with E-state index in [0.29, 0.717) is 17.4 Å². The Kier molecular flexibility index (Phi) is 7.73. The summed E-state index contributed by atoms with van der Waals surface area (Å²) in [5.41, 5.74) is 5.29. The zero-order chi connectivity index (χ0) is 24.6. The Bertz CT molecular complexity index is 1320. The molecule has 0 radical (unpaired) electrons. The van der Waals surface area contributed by atoms with E-state index in [4.69, 9.17) is 9.47 Å². The topological polar surface area (TPSA) is 59.9 Å². The maximum atomic E-state index is 13.2. The van der Waals surface area contributed by atoms with Gasteiger partial charge in [-0.1, -0.05) is 68.4 Å². The van der Waals surface area contributed by atoms with Crippen molar-refractivity contribution < 1.29 is 18.7 Å². The third-order valence-corrected chi connectivity index (χ3v) is 5.54. The first-order valence-corrected chi connectivity index (χ1v) is 11.4. The number of hydrogen-bond donors (Lipinski definition) is 1. The number of fused-ring (bicyclic) bond motifs is 1. The van der Waals surface area contributed by atoms with E-state index < -0.39 is 0 Å². The highest BCUT2D eigenvalue weighted by Gasteiger charge is 2.09. The van der Waals surface area contributed by atoms with Crippen LogP contribution in [0.5, 0.6) is 11.5 Å². The Morgan fingerprint density at radius 3 is 2.43 bits per heavy atom. The molecule has 0 aromatic heterocycles. The molecule has 0 aliphatic rings. The van der Waals surface area contributed by atoms with Crippen LogP contribution in [-0.2, 0) is 11.4 Å². The van der Waals surface area contributed by atoms with E-state index in [1.165, 1.54) is 17.7 Å². The van der Waals surface area contributed by atoms with Gasteiger partial charge in [-0.15, -0.1) is 0 Å². The average Bonchev–Trinajstić information content (AvgIpc) is 2.88. The SMILES string of the molecule is CC(C)c1ccc(OCC(=O)N/N=C/c2c(OCc3ccc(F)cc3)ccc3ccccc23)cc1. The van der Waals surface area contributed by atoms with E-state index in [1.807, 2.05) is 60.7 Å². The number of benzene rings is 4. The molecule has 0 aliphatic carbocycles. The summed E-state index contributed by atoms with van der Waals surface area (Å²) in [6.45, 7) is 4.37. The van der Waals surface area contributed by atoms with Crippen LogP contribution in [-0.4, -0.2) is 18.7 Å². The van der Waals surface area contributed by atoms with Crippen LogP contribution < -0.4 is 14.9 Å². The molecule has 0 aliphatic heterocycles. The second-order valence-corrected chi connectivity index (χ2v) is 8.42. The maximum Gasteiger partial charge on any atom is 0.277 e. The Hall–Kier alpha value is -4.19. The molecule has 6 heteroatoms. The molecule has 4 aromatic rings. The lowest BCUT2D eigenvalue weighted by molar-refractivity contribution is -0.123. The van der Waals surface area contributed by atoms with Crippen LogP contribution in [0.3, 0.4) is 0 Å². The molecule has 0 heterocycles. The van der Waals surface area contributed by atoms with Crippen LogP contribution in [0, 0.1) is 5.82 Å². The fourth-order valence-electron chi connectivity index (χ4n) is 3.58. The Labute approximate surface area is 204 Å². The quantitative estimate of drug-likeness (QED) is 0.234. The highest BCUT2D eigenvalue weighted by atomic mass is 19.1. The van der Waals surface area contributed by atoms with E-state index >= 15 is 0 Å². The van der Waals surface area contributed by atoms with Gasteiger partial charge in [0.05, 0.1) is 6.21 Å². The molecule has 35 heavy (non-hydrogen) atoms. The molecule has 178 valence electrons. The molecule has 0 saturated heterocycles. The zero-order valence-corrected chi connectivity index (χ0v) is 19.7. The second kappa shape index (κ2) is 11.3. The lowest BCUT2D eigenvalue weighted by Gasteiger charge is -2.12. The zero-order valence-electron chi connectivity index (χ0n) is 19.7. The number of rotatable bonds is 9. The summed E-state index contributed by atoms with van der Waals surface area (Å²) in [5, 5.41) is 6.08. The number of hydrogen-bond acceptors (Lipinski definition) is 4. The molecule has 0 spiro atoms. The molecule has 0 bridgehead atoms. The predicted molar refractivity (Wildman–Crippen MR) is 136 cm³/mol. The fraction of sp³-hybridized carbons (Fsp3) is 0.172. The van der Waals surface area contributed by atoms with Crippen LogP contribution in [0.15, 0.2) is 90.0 Å². The second-order valence-electron chi connectivity index (χ2n) is 8.42. The van der Waals surface area contributed by atoms with Gasteiger partial charge in [0, 0.05) is 5.56 Å². The van der Waals surface area contributed by atoms with Crippen LogP contribution in [0.2, 0.25) is 0 Å². The van der Waals surface area contributed by atoms with Crippen LogP contribution in [0.25, 0.3) is 10.8 Å². The first kappa shape index (κ1) is 24.0. The van der Waals surface area contributed by atoms with Crippen molar-refractivity contribution in [1.29, 1.82) is 0 Å². The smallest absolute Gasteiger partial charge is 0.277 e. The number of nitrogens with zero attached hydrogens (tertiary/aromatic N) is 1. The van der Waals surface area contributed by atoms with Crippen molar-refractivity contribution >= 4 is 22.9 Å². The van der Waals surface area contributed by atoms with Gasteiger partial charge < -0.3 is 9.47 Å². The number of hydrazone groups is 1. The fourth-order valence-corrected chi connectivity index (χ4v) is 3.58. The minimum absolute atomic E-state index is 0.151. The molecule has 5 nitrogen and oxygen atoms in total. The summed E-state index contributed by atoms with van der Waals surface area (Å²) in [5.74, 6) is 0.995. The largest absolute Gasteiger partial charge is 0.488 e. The van der Waals surface area contributed by atoms with Crippen LogP contribution in [0.1, 0.15) is 36.5 Å². The van der Waals surface area contributed by atoms with Gasteiger partial charge in [-0.25, -0.2) is 9.82 Å². The maximum absolute atomic E-state index is 13.2. The molecule has 0 unspecified atom stereocenters. The van der Waals surface area contributed by atoms with Crippen molar-refractivity contribution in [1.82, 2.24) is 5.43 Å². The molecule has 1 amide bonds. The predicted octanol–water partition coefficient (Wildman–Crippen LogP) is 6.21. The summed E-state index contributed by atoms with van der Waals surface area (Å²) in [6, 6.07) is 25.5. The summed E-state index contributed by atoms with van der Waals surface area (Å²) in [6.07, 6.45) is 1.57. The highest BCUT2D eigenvalue weighted by Crippen LogP contribution is 2.27. The van der Waals surface area contributed by atoms with Gasteiger partial charge in [-0.05, 0) is 58.1 Å². The minimum atomic E-state index is -0.372. The lowest BCUT2D eigenvalue weighted by Crippen LogP contribution is -2.24. The third kappa shape index (κ3) is 6.44. The minimum Gasteiger partial charge on any atom is -0.488 e. The van der Waals surface area contributed by atoms with Crippen molar-refractivity contribution in [3.63, 3.8) is 0 Å². The normalized spacial score (nSPS) is 11.2. The van der Waals surface area contributed by atoms with E-state index in [0.717, 1.165) is 21.9 Å². The number of carbonyl (C=O) groups is 1. The summed E-state index contributed by atoms with van der Waals surface area (Å²) in [7, 11) is 0. The molecule has 0 atom stereocenters. The molecular formula is C29H27FN2O3. The summed E-state index contributed by atoms with van der Waals surface area (Å²) in [4.78, 5) is 12.3. The molecule has 0 fully saturated rings. The Morgan fingerprint density at radius 2 is 1.69 bits per heavy atom. The lowest BCUT2D eigenvalue weighted by atomic mass is 10.0. The van der Waals surface area contributed by atoms with E-state index in [-0.39, 0.29) is 24.9 Å². The van der Waals surface area contributed by atoms with E-state index in [9.17, 15) is 9.18 Å². The third-order valence-electron chi connectivity index (χ3n) is 5.54.